The third-order valence-electron chi connectivity index (χ3n) is 6.49. The number of nitrogens with zero attached hydrogens (tertiary/aromatic N) is 1. The number of hydroxylamine groups is 1. The fourth-order valence-electron chi connectivity index (χ4n) is 4.27. The molecule has 4 N–H and O–H groups in total. The van der Waals surface area contributed by atoms with Gasteiger partial charge in [-0.3, -0.25) is 14.8 Å². The molecular formula is C29H33N3O7S. The summed E-state index contributed by atoms with van der Waals surface area (Å²) in [5.41, 5.74) is 5.08. The van der Waals surface area contributed by atoms with Crippen LogP contribution in [0.3, 0.4) is 0 Å². The summed E-state index contributed by atoms with van der Waals surface area (Å²) in [7, 11) is 0. The van der Waals surface area contributed by atoms with E-state index in [9.17, 15) is 19.9 Å². The Hall–Kier alpha value is -3.48. The topological polar surface area (TPSA) is 144 Å². The van der Waals surface area contributed by atoms with E-state index in [0.29, 0.717) is 30.2 Å². The highest BCUT2D eigenvalue weighted by molar-refractivity contribution is 7.99. The Morgan fingerprint density at radius 2 is 1.65 bits per heavy atom. The van der Waals surface area contributed by atoms with Gasteiger partial charge in [0.2, 0.25) is 11.8 Å². The van der Waals surface area contributed by atoms with Crippen molar-refractivity contribution in [2.75, 3.05) is 5.75 Å². The molecule has 0 aliphatic carbocycles. The molecule has 1 saturated heterocycles. The van der Waals surface area contributed by atoms with E-state index in [2.05, 4.69) is 5.32 Å². The molecule has 3 aromatic rings. The van der Waals surface area contributed by atoms with Crippen LogP contribution < -0.4 is 15.5 Å². The number of aliphatic hydroxyl groups is 1. The first-order valence-corrected chi connectivity index (χ1v) is 14.0. The van der Waals surface area contributed by atoms with Gasteiger partial charge in [0.15, 0.2) is 12.5 Å². The molecule has 1 fully saturated rings. The summed E-state index contributed by atoms with van der Waals surface area (Å²) in [6, 6.07) is 20.6. The Kier molecular flexibility index (Phi) is 10.9. The second-order valence-corrected chi connectivity index (χ2v) is 10.5. The lowest BCUT2D eigenvalue weighted by Gasteiger charge is -2.36. The molecule has 1 aliphatic heterocycles. The predicted molar refractivity (Wildman–Crippen MR) is 147 cm³/mol. The number of rotatable bonds is 12. The van der Waals surface area contributed by atoms with Crippen LogP contribution in [0.15, 0.2) is 78.0 Å². The van der Waals surface area contributed by atoms with Crippen LogP contribution in [0.5, 0.6) is 0 Å². The largest absolute Gasteiger partial charge is 0.618 e. The number of nitrogens with one attached hydrogen (secondary N) is 2. The molecule has 40 heavy (non-hydrogen) atoms. The van der Waals surface area contributed by atoms with Crippen LogP contribution in [0.1, 0.15) is 60.3 Å². The predicted octanol–water partition coefficient (Wildman–Crippen LogP) is 3.44. The highest BCUT2D eigenvalue weighted by Gasteiger charge is 2.32. The lowest BCUT2D eigenvalue weighted by atomic mass is 10.0. The van der Waals surface area contributed by atoms with Crippen molar-refractivity contribution in [2.45, 2.75) is 62.4 Å². The molecule has 0 spiro atoms. The summed E-state index contributed by atoms with van der Waals surface area (Å²) in [4.78, 5) is 23.1. The van der Waals surface area contributed by atoms with E-state index in [1.807, 2.05) is 54.6 Å². The second kappa shape index (κ2) is 14.8. The van der Waals surface area contributed by atoms with Crippen molar-refractivity contribution in [2.24, 2.45) is 0 Å². The number of benzene rings is 2. The van der Waals surface area contributed by atoms with Crippen LogP contribution in [0.25, 0.3) is 0 Å². The monoisotopic (exact) mass is 567 g/mol. The molecule has 10 nitrogen and oxygen atoms in total. The number of carbonyl (C=O) groups excluding carboxylic acids is 2. The fraction of sp³-hybridized carbons (Fsp3) is 0.345. The zero-order chi connectivity index (χ0) is 28.3. The summed E-state index contributed by atoms with van der Waals surface area (Å²) < 4.78 is 13.5. The van der Waals surface area contributed by atoms with Gasteiger partial charge >= 0.3 is 0 Å². The van der Waals surface area contributed by atoms with Gasteiger partial charge in [0.05, 0.1) is 18.8 Å². The van der Waals surface area contributed by atoms with E-state index in [0.717, 1.165) is 27.0 Å². The standard InChI is InChI=1S/C29H33N3O7S/c33-18-21-9-11-22(12-10-21)25-16-24(19-40-28-6-1-2-15-32(28)37)38-29(39-25)23-13-7-20(8-14-23)17-30-26(34)4-3-5-27(35)31-36/h1-2,6-15,24-25,29,33,36H,3-5,16-19H2,(H,30,34)(H,31,35)/t24-,25+,29+/m0/s1. The van der Waals surface area contributed by atoms with Crippen LogP contribution in [-0.4, -0.2) is 34.0 Å². The maximum absolute atomic E-state index is 12.1. The van der Waals surface area contributed by atoms with Gasteiger partial charge in [0.1, 0.15) is 0 Å². The van der Waals surface area contributed by atoms with Crippen molar-refractivity contribution in [3.8, 4) is 0 Å². The first-order valence-electron chi connectivity index (χ1n) is 13.0. The van der Waals surface area contributed by atoms with Gasteiger partial charge in [0.25, 0.3) is 5.03 Å². The molecule has 2 heterocycles. The van der Waals surface area contributed by atoms with E-state index < -0.39 is 12.2 Å². The first kappa shape index (κ1) is 29.5. The lowest BCUT2D eigenvalue weighted by Crippen LogP contribution is -2.32. The number of amides is 2. The molecule has 2 aromatic carbocycles. The van der Waals surface area contributed by atoms with Crippen molar-refractivity contribution in [3.05, 3.63) is 100 Å². The number of hydrogen-bond donors (Lipinski definition) is 4. The molecule has 0 radical (unpaired) electrons. The van der Waals surface area contributed by atoms with Gasteiger partial charge in [-0.2, -0.15) is 4.73 Å². The minimum atomic E-state index is -0.627. The van der Waals surface area contributed by atoms with Crippen molar-refractivity contribution in [1.82, 2.24) is 10.8 Å². The van der Waals surface area contributed by atoms with E-state index >= 15 is 0 Å². The Morgan fingerprint density at radius 1 is 0.950 bits per heavy atom. The summed E-state index contributed by atoms with van der Waals surface area (Å²) >= 11 is 1.44. The Morgan fingerprint density at radius 3 is 2.35 bits per heavy atom. The van der Waals surface area contributed by atoms with Gasteiger partial charge in [-0.1, -0.05) is 60.3 Å². The summed E-state index contributed by atoms with van der Waals surface area (Å²) in [6.07, 6.45) is 1.64. The average Bonchev–Trinajstić information content (AvgIpc) is 2.99. The van der Waals surface area contributed by atoms with Crippen LogP contribution in [0.4, 0.5) is 0 Å². The Balaban J connectivity index is 1.39. The minimum absolute atomic E-state index is 0.0310. The van der Waals surface area contributed by atoms with Crippen LogP contribution in [0.2, 0.25) is 0 Å². The van der Waals surface area contributed by atoms with Crippen molar-refractivity contribution < 1.29 is 34.1 Å². The number of aliphatic hydroxyl groups excluding tert-OH is 1. The molecule has 2 amide bonds. The lowest BCUT2D eigenvalue weighted by molar-refractivity contribution is -0.645. The molecule has 212 valence electrons. The molecule has 0 saturated carbocycles. The third kappa shape index (κ3) is 8.51. The van der Waals surface area contributed by atoms with E-state index in [4.69, 9.17) is 14.7 Å². The van der Waals surface area contributed by atoms with Crippen molar-refractivity contribution in [3.63, 3.8) is 0 Å². The van der Waals surface area contributed by atoms with Crippen LogP contribution in [0, 0.1) is 5.21 Å². The minimum Gasteiger partial charge on any atom is -0.618 e. The molecule has 1 aliphatic rings. The summed E-state index contributed by atoms with van der Waals surface area (Å²) in [5.74, 6) is -0.126. The zero-order valence-electron chi connectivity index (χ0n) is 21.9. The van der Waals surface area contributed by atoms with Gasteiger partial charge in [-0.25, -0.2) is 5.48 Å². The van der Waals surface area contributed by atoms with E-state index in [1.165, 1.54) is 18.0 Å². The quantitative estimate of drug-likeness (QED) is 0.0857. The first-order chi connectivity index (χ1) is 19.4. The molecule has 1 aromatic heterocycles. The maximum Gasteiger partial charge on any atom is 0.251 e. The molecular weight excluding hydrogens is 534 g/mol. The third-order valence-corrected chi connectivity index (χ3v) is 7.64. The molecule has 4 rings (SSSR count). The highest BCUT2D eigenvalue weighted by atomic mass is 32.2. The highest BCUT2D eigenvalue weighted by Crippen LogP contribution is 2.39. The van der Waals surface area contributed by atoms with Crippen molar-refractivity contribution >= 4 is 23.6 Å². The smallest absolute Gasteiger partial charge is 0.251 e. The van der Waals surface area contributed by atoms with Gasteiger partial charge < -0.3 is 25.1 Å². The molecule has 11 heteroatoms. The van der Waals surface area contributed by atoms with E-state index in [1.54, 1.807) is 17.6 Å². The Labute approximate surface area is 236 Å². The van der Waals surface area contributed by atoms with Gasteiger partial charge in [-0.15, -0.1) is 0 Å². The number of aromatic nitrogens is 1. The zero-order valence-corrected chi connectivity index (χ0v) is 22.7. The number of thioether (sulfide) groups is 1. The average molecular weight is 568 g/mol. The van der Waals surface area contributed by atoms with Crippen molar-refractivity contribution in [1.29, 1.82) is 0 Å². The number of pyridine rings is 1. The molecule has 0 bridgehead atoms. The van der Waals surface area contributed by atoms with E-state index in [-0.39, 0.29) is 37.6 Å². The maximum atomic E-state index is 12.1. The fourth-order valence-corrected chi connectivity index (χ4v) is 5.21. The normalized spacial score (nSPS) is 18.7. The van der Waals surface area contributed by atoms with Crippen LogP contribution >= 0.6 is 11.8 Å². The molecule has 3 atom stereocenters. The summed E-state index contributed by atoms with van der Waals surface area (Å²) in [6.45, 7) is 0.305. The van der Waals surface area contributed by atoms with Crippen LogP contribution in [-0.2, 0) is 32.2 Å². The van der Waals surface area contributed by atoms with Gasteiger partial charge in [0, 0.05) is 49.3 Å². The number of ether oxygens (including phenoxy) is 2. The Bertz CT molecular complexity index is 1260. The van der Waals surface area contributed by atoms with Gasteiger partial charge in [-0.05, 0) is 29.2 Å². The SMILES string of the molecule is O=C(CCCC(=O)NCc1ccc([C@@H]2O[C@H](CSc3cccc[n+]3[O-])C[C@H](c3ccc(CO)cc3)O2)cc1)NO. The second-order valence-electron chi connectivity index (χ2n) is 9.43. The number of carbonyl (C=O) groups is 2. The summed E-state index contributed by atoms with van der Waals surface area (Å²) in [5, 5.41) is 33.4. The number of hydrogen-bond acceptors (Lipinski definition) is 8. The molecule has 0 unspecified atom stereocenters.